The van der Waals surface area contributed by atoms with E-state index in [1.54, 1.807) is 0 Å². The molecule has 1 aliphatic heterocycles. The van der Waals surface area contributed by atoms with Crippen molar-refractivity contribution in [3.05, 3.63) is 0 Å². The summed E-state index contributed by atoms with van der Waals surface area (Å²) in [5.74, 6) is 0.205. The van der Waals surface area contributed by atoms with Gasteiger partial charge in [-0.15, -0.1) is 0 Å². The van der Waals surface area contributed by atoms with E-state index in [1.807, 2.05) is 6.92 Å². The summed E-state index contributed by atoms with van der Waals surface area (Å²) in [4.78, 5) is 11.0. The predicted molar refractivity (Wildman–Crippen MR) is 37.7 cm³/mol. The number of carbonyl (C=O) groups excluding carboxylic acids is 1. The molecule has 58 valence electrons. The molecule has 2 atom stereocenters. The molecule has 0 spiro atoms. The largest absolute Gasteiger partial charge is 0.392 e. The molecule has 0 radical (unpaired) electrons. The van der Waals surface area contributed by atoms with Crippen LogP contribution in [0.15, 0.2) is 0 Å². The van der Waals surface area contributed by atoms with Crippen LogP contribution in [0.25, 0.3) is 0 Å². The summed E-state index contributed by atoms with van der Waals surface area (Å²) in [7, 11) is 0. The molecule has 1 rings (SSSR count). The van der Waals surface area contributed by atoms with Crippen LogP contribution in [0, 0.1) is 0 Å². The SMILES string of the molecule is CCC(=O)C1CC(O)CN1. The van der Waals surface area contributed by atoms with E-state index in [9.17, 15) is 4.79 Å². The summed E-state index contributed by atoms with van der Waals surface area (Å²) >= 11 is 0. The van der Waals surface area contributed by atoms with Crippen LogP contribution in [0.4, 0.5) is 0 Å². The van der Waals surface area contributed by atoms with Gasteiger partial charge in [-0.3, -0.25) is 4.79 Å². The lowest BCUT2D eigenvalue weighted by atomic mass is 10.1. The van der Waals surface area contributed by atoms with E-state index in [0.29, 0.717) is 19.4 Å². The van der Waals surface area contributed by atoms with E-state index < -0.39 is 0 Å². The summed E-state index contributed by atoms with van der Waals surface area (Å²) in [6, 6.07) is -0.0833. The van der Waals surface area contributed by atoms with E-state index in [2.05, 4.69) is 5.32 Å². The van der Waals surface area contributed by atoms with Crippen molar-refractivity contribution < 1.29 is 9.90 Å². The van der Waals surface area contributed by atoms with Crippen LogP contribution in [0.3, 0.4) is 0 Å². The monoisotopic (exact) mass is 143 g/mol. The first-order chi connectivity index (χ1) is 4.74. The Labute approximate surface area is 60.4 Å². The fourth-order valence-electron chi connectivity index (χ4n) is 1.21. The highest BCUT2D eigenvalue weighted by molar-refractivity contribution is 5.84. The lowest BCUT2D eigenvalue weighted by Crippen LogP contribution is -2.29. The topological polar surface area (TPSA) is 49.3 Å². The van der Waals surface area contributed by atoms with Crippen LogP contribution in [0.2, 0.25) is 0 Å². The molecular weight excluding hydrogens is 130 g/mol. The van der Waals surface area contributed by atoms with E-state index >= 15 is 0 Å². The molecule has 0 saturated carbocycles. The number of rotatable bonds is 2. The minimum Gasteiger partial charge on any atom is -0.392 e. The first-order valence-electron chi connectivity index (χ1n) is 3.68. The zero-order chi connectivity index (χ0) is 7.56. The van der Waals surface area contributed by atoms with Crippen LogP contribution in [0.5, 0.6) is 0 Å². The molecular formula is C7H13NO2. The van der Waals surface area contributed by atoms with Crippen molar-refractivity contribution in [2.24, 2.45) is 0 Å². The van der Waals surface area contributed by atoms with Gasteiger partial charge in [-0.2, -0.15) is 0 Å². The molecule has 0 bridgehead atoms. The average molecular weight is 143 g/mol. The minimum absolute atomic E-state index is 0.0833. The van der Waals surface area contributed by atoms with E-state index in [4.69, 9.17) is 5.11 Å². The molecule has 1 aliphatic rings. The fraction of sp³-hybridized carbons (Fsp3) is 0.857. The molecule has 3 heteroatoms. The number of ketones is 1. The molecule has 1 heterocycles. The van der Waals surface area contributed by atoms with Crippen molar-refractivity contribution in [3.63, 3.8) is 0 Å². The van der Waals surface area contributed by atoms with Crippen LogP contribution >= 0.6 is 0 Å². The lowest BCUT2D eigenvalue weighted by Gasteiger charge is -2.04. The number of β-amino-alcohol motifs (C(OH)–C–C–N with tert-alkyl or cyclic N) is 1. The summed E-state index contributed by atoms with van der Waals surface area (Å²) < 4.78 is 0. The Bertz CT molecular complexity index is 136. The first-order valence-corrected chi connectivity index (χ1v) is 3.68. The summed E-state index contributed by atoms with van der Waals surface area (Å²) in [6.07, 6.45) is 0.831. The molecule has 1 fully saturated rings. The second-order valence-corrected chi connectivity index (χ2v) is 2.67. The Hall–Kier alpha value is -0.410. The number of aliphatic hydroxyl groups excluding tert-OH is 1. The third-order valence-electron chi connectivity index (χ3n) is 1.84. The Morgan fingerprint density at radius 3 is 2.90 bits per heavy atom. The maximum absolute atomic E-state index is 11.0. The number of hydrogen-bond donors (Lipinski definition) is 2. The highest BCUT2D eigenvalue weighted by atomic mass is 16.3. The van der Waals surface area contributed by atoms with Gasteiger partial charge in [-0.25, -0.2) is 0 Å². The molecule has 2 N–H and O–H groups in total. The number of carbonyl (C=O) groups is 1. The standard InChI is InChI=1S/C7H13NO2/c1-2-7(10)6-3-5(9)4-8-6/h5-6,8-9H,2-4H2,1H3. The zero-order valence-corrected chi connectivity index (χ0v) is 6.13. The fourth-order valence-corrected chi connectivity index (χ4v) is 1.21. The van der Waals surface area contributed by atoms with Gasteiger partial charge >= 0.3 is 0 Å². The maximum Gasteiger partial charge on any atom is 0.149 e. The molecule has 0 aromatic carbocycles. The highest BCUT2D eigenvalue weighted by Gasteiger charge is 2.26. The molecule has 2 unspecified atom stereocenters. The number of Topliss-reactive ketones (excluding diaryl/α,β-unsaturated/α-hetero) is 1. The Morgan fingerprint density at radius 1 is 1.80 bits per heavy atom. The van der Waals surface area contributed by atoms with Gasteiger partial charge in [0.25, 0.3) is 0 Å². The summed E-state index contributed by atoms with van der Waals surface area (Å²) in [5, 5.41) is 12.0. The van der Waals surface area contributed by atoms with Gasteiger partial charge in [-0.1, -0.05) is 6.92 Å². The van der Waals surface area contributed by atoms with E-state index in [1.165, 1.54) is 0 Å². The molecule has 0 amide bonds. The second-order valence-electron chi connectivity index (χ2n) is 2.67. The van der Waals surface area contributed by atoms with E-state index in [0.717, 1.165) is 0 Å². The van der Waals surface area contributed by atoms with E-state index in [-0.39, 0.29) is 17.9 Å². The molecule has 10 heavy (non-hydrogen) atoms. The molecule has 0 aromatic rings. The number of aliphatic hydroxyl groups is 1. The second kappa shape index (κ2) is 3.12. The van der Waals surface area contributed by atoms with Gasteiger partial charge in [0.1, 0.15) is 5.78 Å². The molecule has 0 aliphatic carbocycles. The Balaban J connectivity index is 2.37. The Kier molecular flexibility index (Phi) is 2.40. The van der Waals surface area contributed by atoms with Gasteiger partial charge in [0, 0.05) is 13.0 Å². The number of nitrogens with one attached hydrogen (secondary N) is 1. The normalized spacial score (nSPS) is 32.6. The van der Waals surface area contributed by atoms with Crippen molar-refractivity contribution in [1.29, 1.82) is 0 Å². The highest BCUT2D eigenvalue weighted by Crippen LogP contribution is 2.07. The minimum atomic E-state index is -0.319. The van der Waals surface area contributed by atoms with Crippen LogP contribution in [-0.4, -0.2) is 29.6 Å². The van der Waals surface area contributed by atoms with Gasteiger partial charge in [0.15, 0.2) is 0 Å². The molecule has 1 saturated heterocycles. The van der Waals surface area contributed by atoms with Crippen LogP contribution in [0.1, 0.15) is 19.8 Å². The van der Waals surface area contributed by atoms with Gasteiger partial charge in [-0.05, 0) is 6.42 Å². The Morgan fingerprint density at radius 2 is 2.50 bits per heavy atom. The molecule has 3 nitrogen and oxygen atoms in total. The first kappa shape index (κ1) is 7.69. The maximum atomic E-state index is 11.0. The van der Waals surface area contributed by atoms with Crippen molar-refractivity contribution in [2.75, 3.05) is 6.54 Å². The predicted octanol–water partition coefficient (Wildman–Crippen LogP) is -0.312. The van der Waals surface area contributed by atoms with Gasteiger partial charge in [0.05, 0.1) is 12.1 Å². The third-order valence-corrected chi connectivity index (χ3v) is 1.84. The third kappa shape index (κ3) is 1.55. The number of hydrogen-bond acceptors (Lipinski definition) is 3. The molecule has 0 aromatic heterocycles. The van der Waals surface area contributed by atoms with Crippen molar-refractivity contribution in [1.82, 2.24) is 5.32 Å². The summed E-state index contributed by atoms with van der Waals surface area (Å²) in [6.45, 7) is 2.41. The van der Waals surface area contributed by atoms with Crippen molar-refractivity contribution in [2.45, 2.75) is 31.9 Å². The van der Waals surface area contributed by atoms with Crippen molar-refractivity contribution >= 4 is 5.78 Å². The smallest absolute Gasteiger partial charge is 0.149 e. The van der Waals surface area contributed by atoms with Gasteiger partial charge in [0.2, 0.25) is 0 Å². The average Bonchev–Trinajstić information content (AvgIpc) is 2.34. The zero-order valence-electron chi connectivity index (χ0n) is 6.13. The quantitative estimate of drug-likeness (QED) is 0.557. The lowest BCUT2D eigenvalue weighted by molar-refractivity contribution is -0.120. The van der Waals surface area contributed by atoms with Gasteiger partial charge < -0.3 is 10.4 Å². The van der Waals surface area contributed by atoms with Crippen LogP contribution in [-0.2, 0) is 4.79 Å². The summed E-state index contributed by atoms with van der Waals surface area (Å²) in [5.41, 5.74) is 0. The van der Waals surface area contributed by atoms with Crippen LogP contribution < -0.4 is 5.32 Å². The van der Waals surface area contributed by atoms with Crippen molar-refractivity contribution in [3.8, 4) is 0 Å².